The van der Waals surface area contributed by atoms with Crippen LogP contribution < -0.4 is 14.7 Å². The first-order chi connectivity index (χ1) is 6.80. The van der Waals surface area contributed by atoms with E-state index in [0.29, 0.717) is 0 Å². The fourth-order valence-electron chi connectivity index (χ4n) is 1.56. The molecule has 0 fully saturated rings. The van der Waals surface area contributed by atoms with E-state index in [1.54, 1.807) is 6.07 Å². The van der Waals surface area contributed by atoms with Gasteiger partial charge in [-0.05, 0) is 11.3 Å². The highest BCUT2D eigenvalue weighted by molar-refractivity contribution is 6.89. The number of rotatable bonds is 1. The molecular formula is C10H12F2O2Si. The molecule has 82 valence electrons. The van der Waals surface area contributed by atoms with Crippen LogP contribution in [0.4, 0.5) is 8.78 Å². The van der Waals surface area contributed by atoms with E-state index in [-0.39, 0.29) is 11.5 Å². The molecule has 1 aromatic carbocycles. The van der Waals surface area contributed by atoms with Crippen LogP contribution in [0.3, 0.4) is 0 Å². The molecule has 0 amide bonds. The lowest BCUT2D eigenvalue weighted by molar-refractivity contribution is -0.286. The summed E-state index contributed by atoms with van der Waals surface area (Å²) in [6.45, 7) is 6.22. The lowest BCUT2D eigenvalue weighted by Crippen LogP contribution is -2.39. The summed E-state index contributed by atoms with van der Waals surface area (Å²) in [5.41, 5.74) is 0. The maximum absolute atomic E-state index is 12.9. The van der Waals surface area contributed by atoms with Crippen molar-refractivity contribution < 1.29 is 18.3 Å². The Morgan fingerprint density at radius 2 is 1.80 bits per heavy atom. The van der Waals surface area contributed by atoms with Gasteiger partial charge in [-0.2, -0.15) is 0 Å². The molecule has 0 spiro atoms. The zero-order chi connectivity index (χ0) is 11.3. The lowest BCUT2D eigenvalue weighted by atomic mass is 10.3. The molecule has 5 heteroatoms. The molecule has 0 radical (unpaired) electrons. The number of para-hydroxylation sites is 1. The van der Waals surface area contributed by atoms with Crippen LogP contribution in [0.1, 0.15) is 0 Å². The van der Waals surface area contributed by atoms with Gasteiger partial charge >= 0.3 is 6.29 Å². The first kappa shape index (κ1) is 10.4. The first-order valence-electron chi connectivity index (χ1n) is 4.69. The Bertz CT molecular complexity index is 399. The molecule has 1 heterocycles. The predicted molar refractivity (Wildman–Crippen MR) is 55.6 cm³/mol. The maximum atomic E-state index is 12.9. The van der Waals surface area contributed by atoms with Gasteiger partial charge in [-0.1, -0.05) is 31.8 Å². The second kappa shape index (κ2) is 2.94. The summed E-state index contributed by atoms with van der Waals surface area (Å²) in [6, 6.07) is 5.05. The van der Waals surface area contributed by atoms with Crippen molar-refractivity contribution >= 4 is 13.3 Å². The molecule has 1 aromatic rings. The van der Waals surface area contributed by atoms with Gasteiger partial charge in [-0.3, -0.25) is 0 Å². The molecule has 0 aromatic heterocycles. The normalized spacial score (nSPS) is 17.9. The Morgan fingerprint density at radius 1 is 1.13 bits per heavy atom. The van der Waals surface area contributed by atoms with E-state index in [9.17, 15) is 8.78 Å². The summed E-state index contributed by atoms with van der Waals surface area (Å²) in [7, 11) is -1.69. The van der Waals surface area contributed by atoms with Crippen LogP contribution in [0.5, 0.6) is 11.5 Å². The minimum absolute atomic E-state index is 0.139. The van der Waals surface area contributed by atoms with Gasteiger partial charge < -0.3 is 9.47 Å². The van der Waals surface area contributed by atoms with E-state index < -0.39 is 14.4 Å². The molecule has 0 N–H and O–H groups in total. The molecule has 1 aliphatic heterocycles. The van der Waals surface area contributed by atoms with Crippen molar-refractivity contribution in [1.82, 2.24) is 0 Å². The average Bonchev–Trinajstić information content (AvgIpc) is 2.35. The molecule has 2 nitrogen and oxygen atoms in total. The van der Waals surface area contributed by atoms with Crippen LogP contribution >= 0.6 is 0 Å². The summed E-state index contributed by atoms with van der Waals surface area (Å²) >= 11 is 0. The van der Waals surface area contributed by atoms with Gasteiger partial charge in [0.15, 0.2) is 11.5 Å². The van der Waals surface area contributed by atoms with Gasteiger partial charge in [0.05, 0.1) is 8.07 Å². The Kier molecular flexibility index (Phi) is 2.04. The summed E-state index contributed by atoms with van der Waals surface area (Å²) in [5, 5.41) is 0.858. The monoisotopic (exact) mass is 230 g/mol. The van der Waals surface area contributed by atoms with E-state index in [4.69, 9.17) is 0 Å². The Labute approximate surface area is 87.8 Å². The molecule has 15 heavy (non-hydrogen) atoms. The van der Waals surface area contributed by atoms with Crippen LogP contribution in [-0.2, 0) is 0 Å². The van der Waals surface area contributed by atoms with Gasteiger partial charge in [-0.25, -0.2) is 0 Å². The highest BCUT2D eigenvalue weighted by Gasteiger charge is 2.45. The van der Waals surface area contributed by atoms with Crippen molar-refractivity contribution in [3.63, 3.8) is 0 Å². The zero-order valence-corrected chi connectivity index (χ0v) is 9.80. The number of halogens is 2. The van der Waals surface area contributed by atoms with Crippen LogP contribution in [-0.4, -0.2) is 14.4 Å². The number of alkyl halides is 2. The fraction of sp³-hybridized carbons (Fsp3) is 0.400. The highest BCUT2D eigenvalue weighted by atomic mass is 28.3. The number of fused-ring (bicyclic) bond motifs is 1. The van der Waals surface area contributed by atoms with Crippen molar-refractivity contribution in [2.45, 2.75) is 25.9 Å². The van der Waals surface area contributed by atoms with Crippen molar-refractivity contribution in [1.29, 1.82) is 0 Å². The second-order valence-electron chi connectivity index (χ2n) is 4.55. The summed E-state index contributed by atoms with van der Waals surface area (Å²) in [6.07, 6.45) is -3.52. The Balaban J connectivity index is 2.51. The van der Waals surface area contributed by atoms with Gasteiger partial charge in [0.1, 0.15) is 0 Å². The van der Waals surface area contributed by atoms with Gasteiger partial charge in [0.2, 0.25) is 0 Å². The predicted octanol–water partition coefficient (Wildman–Crippen LogP) is 2.55. The number of hydrogen-bond donors (Lipinski definition) is 0. The maximum Gasteiger partial charge on any atom is 0.586 e. The van der Waals surface area contributed by atoms with Gasteiger partial charge in [0, 0.05) is 0 Å². The van der Waals surface area contributed by atoms with Crippen molar-refractivity contribution in [2.75, 3.05) is 0 Å². The van der Waals surface area contributed by atoms with Crippen molar-refractivity contribution in [3.05, 3.63) is 18.2 Å². The van der Waals surface area contributed by atoms with Crippen molar-refractivity contribution in [2.24, 2.45) is 0 Å². The quantitative estimate of drug-likeness (QED) is 0.690. The number of hydrogen-bond acceptors (Lipinski definition) is 2. The van der Waals surface area contributed by atoms with Crippen LogP contribution in [0.2, 0.25) is 19.6 Å². The highest BCUT2D eigenvalue weighted by Crippen LogP contribution is 2.40. The second-order valence-corrected chi connectivity index (χ2v) is 9.59. The van der Waals surface area contributed by atoms with E-state index >= 15 is 0 Å². The van der Waals surface area contributed by atoms with Gasteiger partial charge in [-0.15, -0.1) is 8.78 Å². The van der Waals surface area contributed by atoms with E-state index in [1.165, 1.54) is 6.07 Å². The SMILES string of the molecule is C[Si](C)(C)c1cccc2c1OC(F)(F)O2. The van der Waals surface area contributed by atoms with Crippen LogP contribution in [0.25, 0.3) is 0 Å². The molecule has 0 saturated heterocycles. The largest absolute Gasteiger partial charge is 0.586 e. The molecule has 0 aliphatic carbocycles. The summed E-state index contributed by atoms with van der Waals surface area (Å²) in [5.74, 6) is 0.349. The molecule has 0 bridgehead atoms. The number of ether oxygens (including phenoxy) is 2. The Morgan fingerprint density at radius 3 is 2.40 bits per heavy atom. The van der Waals surface area contributed by atoms with E-state index in [1.807, 2.05) is 6.07 Å². The minimum Gasteiger partial charge on any atom is -0.395 e. The first-order valence-corrected chi connectivity index (χ1v) is 8.19. The third-order valence-electron chi connectivity index (χ3n) is 2.24. The molecule has 2 rings (SSSR count). The third-order valence-corrected chi connectivity index (χ3v) is 4.25. The van der Waals surface area contributed by atoms with Gasteiger partial charge in [0.25, 0.3) is 0 Å². The van der Waals surface area contributed by atoms with E-state index in [2.05, 4.69) is 29.1 Å². The number of benzene rings is 1. The molecule has 0 saturated carbocycles. The summed E-state index contributed by atoms with van der Waals surface area (Å²) in [4.78, 5) is 0. The minimum atomic E-state index is -3.52. The molecule has 0 unspecified atom stereocenters. The Hall–Kier alpha value is -1.10. The van der Waals surface area contributed by atoms with Crippen LogP contribution in [0.15, 0.2) is 18.2 Å². The third kappa shape index (κ3) is 1.83. The fourth-order valence-corrected chi connectivity index (χ4v) is 3.01. The topological polar surface area (TPSA) is 18.5 Å². The van der Waals surface area contributed by atoms with E-state index in [0.717, 1.165) is 5.19 Å². The standard InChI is InChI=1S/C10H12F2O2Si/c1-15(2,3)8-6-4-5-7-9(8)14-10(11,12)13-7/h4-6H,1-3H3. The zero-order valence-electron chi connectivity index (χ0n) is 8.80. The van der Waals surface area contributed by atoms with Crippen LogP contribution in [0, 0.1) is 0 Å². The average molecular weight is 230 g/mol. The smallest absolute Gasteiger partial charge is 0.395 e. The van der Waals surface area contributed by atoms with Crippen molar-refractivity contribution in [3.8, 4) is 11.5 Å². The molecule has 0 atom stereocenters. The molecular weight excluding hydrogens is 218 g/mol. The summed E-state index contributed by atoms with van der Waals surface area (Å²) < 4.78 is 34.7. The molecule has 1 aliphatic rings. The lowest BCUT2D eigenvalue weighted by Gasteiger charge is -2.18.